The third kappa shape index (κ3) is 6.85. The van der Waals surface area contributed by atoms with Gasteiger partial charge >= 0.3 is 0 Å². The molecule has 1 saturated heterocycles. The summed E-state index contributed by atoms with van der Waals surface area (Å²) < 4.78 is 9.34. The molecule has 1 aliphatic rings. The van der Waals surface area contributed by atoms with Gasteiger partial charge in [-0.1, -0.05) is 11.6 Å². The smallest absolute Gasteiger partial charge is 0.137 e. The van der Waals surface area contributed by atoms with Crippen molar-refractivity contribution in [2.75, 3.05) is 45.9 Å². The normalized spacial score (nSPS) is 14.9. The molecule has 0 saturated carbocycles. The number of nitrogens with one attached hydrogen (secondary N) is 3. The molecule has 8 heteroatoms. The van der Waals surface area contributed by atoms with Gasteiger partial charge in [-0.25, -0.2) is 4.98 Å². The van der Waals surface area contributed by atoms with Crippen LogP contribution in [0.15, 0.2) is 47.6 Å². The number of aromatic amines is 1. The summed E-state index contributed by atoms with van der Waals surface area (Å²) in [5.74, 6) is 0.941. The van der Waals surface area contributed by atoms with Crippen molar-refractivity contribution >= 4 is 34.6 Å². The zero-order valence-electron chi connectivity index (χ0n) is 17.7. The van der Waals surface area contributed by atoms with E-state index in [0.717, 1.165) is 81.9 Å². The van der Waals surface area contributed by atoms with Crippen molar-refractivity contribution in [1.29, 1.82) is 0 Å². The van der Waals surface area contributed by atoms with Crippen molar-refractivity contribution < 1.29 is 4.74 Å². The van der Waals surface area contributed by atoms with Gasteiger partial charge in [-0.05, 0) is 67.1 Å². The number of piperazine rings is 1. The predicted octanol–water partition coefficient (Wildman–Crippen LogP) is 4.12. The highest BCUT2D eigenvalue weighted by atomic mass is 35.5. The Morgan fingerprint density at radius 3 is 2.84 bits per heavy atom. The maximum absolute atomic E-state index is 6.07. The van der Waals surface area contributed by atoms with E-state index in [9.17, 15) is 0 Å². The lowest BCUT2D eigenvalue weighted by Gasteiger charge is -2.26. The Hall–Kier alpha value is -1.77. The summed E-state index contributed by atoms with van der Waals surface area (Å²) >= 11 is 7.73. The van der Waals surface area contributed by atoms with Gasteiger partial charge in [-0.3, -0.25) is 4.72 Å². The van der Waals surface area contributed by atoms with Crippen LogP contribution in [0.4, 0.5) is 0 Å². The van der Waals surface area contributed by atoms with Crippen molar-refractivity contribution in [3.8, 4) is 5.75 Å². The van der Waals surface area contributed by atoms with E-state index in [1.807, 2.05) is 12.3 Å². The van der Waals surface area contributed by atoms with Crippen LogP contribution in [-0.4, -0.2) is 60.7 Å². The topological polar surface area (TPSA) is 65.2 Å². The molecule has 6 nitrogen and oxygen atoms in total. The Kier molecular flexibility index (Phi) is 8.49. The Morgan fingerprint density at radius 2 is 2.00 bits per heavy atom. The molecule has 3 N–H and O–H groups in total. The van der Waals surface area contributed by atoms with Gasteiger partial charge < -0.3 is 19.9 Å². The zero-order chi connectivity index (χ0) is 21.3. The van der Waals surface area contributed by atoms with E-state index in [-0.39, 0.29) is 0 Å². The molecule has 3 heterocycles. The summed E-state index contributed by atoms with van der Waals surface area (Å²) in [5.41, 5.74) is 2.16. The number of hydrogen-bond acceptors (Lipinski definition) is 6. The van der Waals surface area contributed by atoms with E-state index in [2.05, 4.69) is 49.2 Å². The Bertz CT molecular complexity index is 943. The minimum atomic E-state index is 0.675. The van der Waals surface area contributed by atoms with Crippen LogP contribution < -0.4 is 14.8 Å². The molecule has 1 fully saturated rings. The third-order valence-corrected chi connectivity index (χ3v) is 6.48. The van der Waals surface area contributed by atoms with Crippen molar-refractivity contribution in [2.24, 2.45) is 0 Å². The first-order valence-corrected chi connectivity index (χ1v) is 12.1. The third-order valence-electron chi connectivity index (χ3n) is 5.42. The molecule has 0 bridgehead atoms. The summed E-state index contributed by atoms with van der Waals surface area (Å²) in [5, 5.41) is 5.17. The molecule has 1 aromatic carbocycles. The zero-order valence-corrected chi connectivity index (χ0v) is 19.3. The summed E-state index contributed by atoms with van der Waals surface area (Å²) in [6.07, 6.45) is 6.80. The van der Waals surface area contributed by atoms with E-state index in [4.69, 9.17) is 16.3 Å². The van der Waals surface area contributed by atoms with Gasteiger partial charge in [0.2, 0.25) is 0 Å². The van der Waals surface area contributed by atoms with E-state index in [1.54, 1.807) is 18.1 Å². The second kappa shape index (κ2) is 11.7. The first kappa shape index (κ1) is 22.4. The van der Waals surface area contributed by atoms with Crippen LogP contribution in [0.1, 0.15) is 18.4 Å². The lowest BCUT2D eigenvalue weighted by Crippen LogP contribution is -2.43. The van der Waals surface area contributed by atoms with Crippen LogP contribution in [-0.2, 0) is 6.42 Å². The molecule has 166 valence electrons. The van der Waals surface area contributed by atoms with Gasteiger partial charge in [0.05, 0.1) is 11.6 Å². The Morgan fingerprint density at radius 1 is 1.16 bits per heavy atom. The first-order chi connectivity index (χ1) is 15.3. The minimum absolute atomic E-state index is 0.675. The number of aromatic nitrogens is 2. The number of hydrogen-bond donors (Lipinski definition) is 3. The Balaban J connectivity index is 1.11. The minimum Gasteiger partial charge on any atom is -0.494 e. The summed E-state index contributed by atoms with van der Waals surface area (Å²) in [4.78, 5) is 11.2. The number of halogens is 1. The fourth-order valence-corrected chi connectivity index (χ4v) is 4.58. The molecular formula is C23H30ClN5OS. The monoisotopic (exact) mass is 459 g/mol. The van der Waals surface area contributed by atoms with Gasteiger partial charge in [0.1, 0.15) is 11.4 Å². The molecule has 0 aliphatic carbocycles. The molecule has 2 aromatic heterocycles. The molecule has 0 spiro atoms. The van der Waals surface area contributed by atoms with Crippen LogP contribution in [0.25, 0.3) is 11.0 Å². The average Bonchev–Trinajstić information content (AvgIpc) is 3.20. The van der Waals surface area contributed by atoms with Crippen molar-refractivity contribution in [3.63, 3.8) is 0 Å². The number of fused-ring (bicyclic) bond motifs is 1. The molecule has 3 aromatic rings. The summed E-state index contributed by atoms with van der Waals surface area (Å²) in [7, 11) is 0. The first-order valence-electron chi connectivity index (χ1n) is 10.9. The Labute approximate surface area is 193 Å². The van der Waals surface area contributed by atoms with Gasteiger partial charge in [-0.15, -0.1) is 0 Å². The van der Waals surface area contributed by atoms with E-state index in [1.165, 1.54) is 10.5 Å². The number of benzene rings is 1. The van der Waals surface area contributed by atoms with Crippen LogP contribution in [0.2, 0.25) is 5.02 Å². The molecule has 1 aliphatic heterocycles. The van der Waals surface area contributed by atoms with Crippen molar-refractivity contribution in [3.05, 3.63) is 53.3 Å². The molecular weight excluding hydrogens is 430 g/mol. The lowest BCUT2D eigenvalue weighted by atomic mass is 10.1. The number of rotatable bonds is 11. The number of H-pyrrole nitrogens is 1. The van der Waals surface area contributed by atoms with Crippen LogP contribution in [0, 0.1) is 0 Å². The highest BCUT2D eigenvalue weighted by molar-refractivity contribution is 7.97. The molecule has 4 rings (SSSR count). The summed E-state index contributed by atoms with van der Waals surface area (Å²) in [6.45, 7) is 7.30. The highest BCUT2D eigenvalue weighted by Gasteiger charge is 2.08. The fourth-order valence-electron chi connectivity index (χ4n) is 3.74. The maximum atomic E-state index is 6.07. The molecule has 0 radical (unpaired) electrons. The molecule has 0 atom stereocenters. The highest BCUT2D eigenvalue weighted by Crippen LogP contribution is 2.22. The van der Waals surface area contributed by atoms with Gasteiger partial charge in [0.25, 0.3) is 0 Å². The second-order valence-electron chi connectivity index (χ2n) is 7.73. The molecule has 0 amide bonds. The van der Waals surface area contributed by atoms with Gasteiger partial charge in [0, 0.05) is 61.9 Å². The maximum Gasteiger partial charge on any atom is 0.137 e. The van der Waals surface area contributed by atoms with Crippen molar-refractivity contribution in [2.45, 2.75) is 24.2 Å². The number of aryl methyl sites for hydroxylation is 1. The molecule has 0 unspecified atom stereocenters. The lowest BCUT2D eigenvalue weighted by molar-refractivity contribution is 0.214. The van der Waals surface area contributed by atoms with E-state index >= 15 is 0 Å². The van der Waals surface area contributed by atoms with Crippen LogP contribution >= 0.6 is 23.5 Å². The number of ether oxygens (including phenoxy) is 1. The van der Waals surface area contributed by atoms with Gasteiger partial charge in [0.15, 0.2) is 0 Å². The standard InChI is InChI=1S/C23H30ClN5OS/c24-19-15-22-18(16-26-23(22)27-17-19)3-1-8-28-31-21-6-4-20(5-7-21)30-14-2-11-29-12-9-25-10-13-29/h4-7,15-17,25,28H,1-3,8-14H2,(H,26,27). The molecule has 31 heavy (non-hydrogen) atoms. The quantitative estimate of drug-likeness (QED) is 0.296. The fraction of sp³-hybridized carbons (Fsp3) is 0.435. The van der Waals surface area contributed by atoms with E-state index < -0.39 is 0 Å². The second-order valence-corrected chi connectivity index (χ2v) is 9.13. The number of pyridine rings is 1. The van der Waals surface area contributed by atoms with E-state index in [0.29, 0.717) is 5.02 Å². The predicted molar refractivity (Wildman–Crippen MR) is 129 cm³/mol. The summed E-state index contributed by atoms with van der Waals surface area (Å²) in [6, 6.07) is 10.3. The largest absolute Gasteiger partial charge is 0.494 e. The van der Waals surface area contributed by atoms with Gasteiger partial charge in [-0.2, -0.15) is 0 Å². The van der Waals surface area contributed by atoms with Crippen molar-refractivity contribution in [1.82, 2.24) is 24.9 Å². The van der Waals surface area contributed by atoms with Crippen LogP contribution in [0.5, 0.6) is 5.75 Å². The van der Waals surface area contributed by atoms with Crippen LogP contribution in [0.3, 0.4) is 0 Å². The average molecular weight is 460 g/mol. The SMILES string of the molecule is Clc1cnc2[nH]cc(CCCNSc3ccc(OCCCN4CCNCC4)cc3)c2c1. The number of nitrogens with zero attached hydrogens (tertiary/aromatic N) is 2.